The van der Waals surface area contributed by atoms with Crippen LogP contribution in [0, 0.1) is 11.3 Å². The third kappa shape index (κ3) is 4.01. The predicted molar refractivity (Wildman–Crippen MR) is 87.0 cm³/mol. The second-order valence-electron chi connectivity index (χ2n) is 4.74. The Labute approximate surface area is 142 Å². The molecule has 2 aromatic rings. The molecule has 0 unspecified atom stereocenters. The summed E-state index contributed by atoms with van der Waals surface area (Å²) < 4.78 is 45.2. The molecule has 7 heteroatoms. The monoisotopic (exact) mass is 352 g/mol. The Kier molecular flexibility index (Phi) is 5.73. The van der Waals surface area contributed by atoms with Crippen molar-refractivity contribution >= 4 is 11.8 Å². The Hall–Kier alpha value is -2.20. The summed E-state index contributed by atoms with van der Waals surface area (Å²) in [5.74, 6) is 1.15. The molecule has 0 bridgehead atoms. The first kappa shape index (κ1) is 18.1. The lowest BCUT2D eigenvalue weighted by Crippen LogP contribution is -2.10. The molecule has 1 heterocycles. The largest absolute Gasteiger partial charge is 0.494 e. The number of hydrogen-bond donors (Lipinski definition) is 0. The van der Waals surface area contributed by atoms with Crippen LogP contribution in [0.3, 0.4) is 0 Å². The SMILES string of the molecule is CCOc1ccc(-c2cc(C(F)(F)F)c(C#N)c(SCC)n2)cc1. The van der Waals surface area contributed by atoms with Gasteiger partial charge >= 0.3 is 6.18 Å². The maximum Gasteiger partial charge on any atom is 0.417 e. The number of pyridine rings is 1. The summed E-state index contributed by atoms with van der Waals surface area (Å²) in [7, 11) is 0. The van der Waals surface area contributed by atoms with Gasteiger partial charge in [0.15, 0.2) is 0 Å². The van der Waals surface area contributed by atoms with Crippen LogP contribution in [0.15, 0.2) is 35.4 Å². The van der Waals surface area contributed by atoms with Crippen LogP contribution in [0.2, 0.25) is 0 Å². The zero-order chi connectivity index (χ0) is 17.7. The first-order chi connectivity index (χ1) is 11.4. The third-order valence-electron chi connectivity index (χ3n) is 3.15. The van der Waals surface area contributed by atoms with E-state index in [0.717, 1.165) is 17.8 Å². The Morgan fingerprint density at radius 3 is 2.38 bits per heavy atom. The normalized spacial score (nSPS) is 11.2. The van der Waals surface area contributed by atoms with Crippen LogP contribution in [0.5, 0.6) is 5.75 Å². The quantitative estimate of drug-likeness (QED) is 0.698. The van der Waals surface area contributed by atoms with Crippen molar-refractivity contribution < 1.29 is 17.9 Å². The van der Waals surface area contributed by atoms with Gasteiger partial charge in [-0.1, -0.05) is 6.92 Å². The average Bonchev–Trinajstić information content (AvgIpc) is 2.54. The van der Waals surface area contributed by atoms with Crippen LogP contribution >= 0.6 is 11.8 Å². The van der Waals surface area contributed by atoms with Crippen molar-refractivity contribution in [3.05, 3.63) is 41.5 Å². The van der Waals surface area contributed by atoms with E-state index in [1.165, 1.54) is 0 Å². The summed E-state index contributed by atoms with van der Waals surface area (Å²) in [5, 5.41) is 9.22. The van der Waals surface area contributed by atoms with E-state index in [9.17, 15) is 13.2 Å². The zero-order valence-electron chi connectivity index (χ0n) is 13.1. The number of nitriles is 1. The van der Waals surface area contributed by atoms with Crippen LogP contribution in [-0.4, -0.2) is 17.3 Å². The lowest BCUT2D eigenvalue weighted by Gasteiger charge is -2.14. The topological polar surface area (TPSA) is 45.9 Å². The fourth-order valence-corrected chi connectivity index (χ4v) is 2.87. The first-order valence-corrected chi connectivity index (χ1v) is 8.27. The van der Waals surface area contributed by atoms with Crippen molar-refractivity contribution in [3.63, 3.8) is 0 Å². The lowest BCUT2D eigenvalue weighted by atomic mass is 10.1. The van der Waals surface area contributed by atoms with Gasteiger partial charge in [0.05, 0.1) is 23.4 Å². The Morgan fingerprint density at radius 1 is 1.21 bits per heavy atom. The molecular weight excluding hydrogens is 337 g/mol. The highest BCUT2D eigenvalue weighted by Gasteiger charge is 2.36. The molecule has 0 aliphatic rings. The Morgan fingerprint density at radius 2 is 1.88 bits per heavy atom. The molecule has 0 atom stereocenters. The second kappa shape index (κ2) is 7.58. The molecule has 0 spiro atoms. The Balaban J connectivity index is 2.58. The molecule has 126 valence electrons. The average molecular weight is 352 g/mol. The van der Waals surface area contributed by atoms with Crippen LogP contribution in [0.25, 0.3) is 11.3 Å². The van der Waals surface area contributed by atoms with Gasteiger partial charge in [-0.2, -0.15) is 18.4 Å². The van der Waals surface area contributed by atoms with Gasteiger partial charge in [0, 0.05) is 5.56 Å². The molecular formula is C17H15F3N2OS. The van der Waals surface area contributed by atoms with E-state index < -0.39 is 17.3 Å². The van der Waals surface area contributed by atoms with Gasteiger partial charge in [-0.15, -0.1) is 11.8 Å². The van der Waals surface area contributed by atoms with E-state index in [0.29, 0.717) is 23.7 Å². The molecule has 0 amide bonds. The minimum absolute atomic E-state index is 0.0960. The van der Waals surface area contributed by atoms with E-state index in [-0.39, 0.29) is 10.7 Å². The van der Waals surface area contributed by atoms with Crippen LogP contribution < -0.4 is 4.74 Å². The number of ether oxygens (including phenoxy) is 1. The molecule has 0 aliphatic heterocycles. The maximum absolute atomic E-state index is 13.3. The summed E-state index contributed by atoms with van der Waals surface area (Å²) in [6.45, 7) is 4.15. The summed E-state index contributed by atoms with van der Waals surface area (Å²) >= 11 is 1.12. The van der Waals surface area contributed by atoms with Gasteiger partial charge in [-0.25, -0.2) is 4.98 Å². The van der Waals surface area contributed by atoms with Gasteiger partial charge in [-0.3, -0.25) is 0 Å². The number of hydrogen-bond acceptors (Lipinski definition) is 4. The minimum Gasteiger partial charge on any atom is -0.494 e. The molecule has 0 fully saturated rings. The van der Waals surface area contributed by atoms with Crippen molar-refractivity contribution in [2.24, 2.45) is 0 Å². The molecule has 0 N–H and O–H groups in total. The number of halogens is 3. The van der Waals surface area contributed by atoms with Gasteiger partial charge in [0.2, 0.25) is 0 Å². The predicted octanol–water partition coefficient (Wildman–Crippen LogP) is 5.15. The number of benzene rings is 1. The van der Waals surface area contributed by atoms with Crippen LogP contribution in [0.1, 0.15) is 25.0 Å². The van der Waals surface area contributed by atoms with E-state index in [2.05, 4.69) is 4.98 Å². The summed E-state index contributed by atoms with van der Waals surface area (Å²) in [5.41, 5.74) is -0.671. The first-order valence-electron chi connectivity index (χ1n) is 7.29. The van der Waals surface area contributed by atoms with Crippen molar-refractivity contribution in [2.75, 3.05) is 12.4 Å². The molecule has 0 saturated heterocycles. The molecule has 0 saturated carbocycles. The van der Waals surface area contributed by atoms with Crippen molar-refractivity contribution in [1.82, 2.24) is 4.98 Å². The number of aromatic nitrogens is 1. The van der Waals surface area contributed by atoms with Gasteiger partial charge in [0.25, 0.3) is 0 Å². The lowest BCUT2D eigenvalue weighted by molar-refractivity contribution is -0.138. The highest BCUT2D eigenvalue weighted by atomic mass is 32.2. The molecule has 24 heavy (non-hydrogen) atoms. The van der Waals surface area contributed by atoms with Crippen molar-refractivity contribution in [2.45, 2.75) is 25.0 Å². The molecule has 3 nitrogen and oxygen atoms in total. The van der Waals surface area contributed by atoms with Crippen LogP contribution in [0.4, 0.5) is 13.2 Å². The minimum atomic E-state index is -4.61. The molecule has 0 radical (unpaired) electrons. The maximum atomic E-state index is 13.3. The third-order valence-corrected chi connectivity index (χ3v) is 4.00. The van der Waals surface area contributed by atoms with E-state index >= 15 is 0 Å². The van der Waals surface area contributed by atoms with Crippen molar-refractivity contribution in [1.29, 1.82) is 5.26 Å². The number of nitrogens with zero attached hydrogens (tertiary/aromatic N) is 2. The standard InChI is InChI=1S/C17H15F3N2OS/c1-3-23-12-7-5-11(6-8-12)15-9-14(17(18,19)20)13(10-21)16(22-15)24-4-2/h5-9H,3-4H2,1-2H3. The van der Waals surface area contributed by atoms with Gasteiger partial charge < -0.3 is 4.74 Å². The van der Waals surface area contributed by atoms with Gasteiger partial charge in [-0.05, 0) is 43.0 Å². The van der Waals surface area contributed by atoms with Crippen molar-refractivity contribution in [3.8, 4) is 23.1 Å². The van der Waals surface area contributed by atoms with Gasteiger partial charge in [0.1, 0.15) is 16.8 Å². The Bertz CT molecular complexity index is 752. The zero-order valence-corrected chi connectivity index (χ0v) is 14.0. The van der Waals surface area contributed by atoms with Crippen LogP contribution in [-0.2, 0) is 6.18 Å². The van der Waals surface area contributed by atoms with E-state index in [4.69, 9.17) is 10.00 Å². The molecule has 1 aromatic carbocycles. The fraction of sp³-hybridized carbons (Fsp3) is 0.294. The highest BCUT2D eigenvalue weighted by Crippen LogP contribution is 2.38. The number of rotatable bonds is 5. The number of thioether (sulfide) groups is 1. The molecule has 1 aromatic heterocycles. The van der Waals surface area contributed by atoms with E-state index in [1.807, 2.05) is 6.92 Å². The number of alkyl halides is 3. The molecule has 2 rings (SSSR count). The second-order valence-corrected chi connectivity index (χ2v) is 5.99. The van der Waals surface area contributed by atoms with E-state index in [1.54, 1.807) is 37.3 Å². The summed E-state index contributed by atoms with van der Waals surface area (Å²) in [6, 6.07) is 9.23. The molecule has 0 aliphatic carbocycles. The fourth-order valence-electron chi connectivity index (χ4n) is 2.13. The summed E-state index contributed by atoms with van der Waals surface area (Å²) in [6.07, 6.45) is -4.61. The highest BCUT2D eigenvalue weighted by molar-refractivity contribution is 7.99. The summed E-state index contributed by atoms with van der Waals surface area (Å²) in [4.78, 5) is 4.25. The smallest absolute Gasteiger partial charge is 0.417 e.